The van der Waals surface area contributed by atoms with Crippen molar-refractivity contribution in [3.63, 3.8) is 0 Å². The average molecular weight is 323 g/mol. The molecule has 94 valence electrons. The lowest BCUT2D eigenvalue weighted by atomic mass is 10.0. The van der Waals surface area contributed by atoms with Gasteiger partial charge in [-0.2, -0.15) is 0 Å². The molecule has 0 aliphatic carbocycles. The van der Waals surface area contributed by atoms with Crippen molar-refractivity contribution in [2.75, 3.05) is 0 Å². The summed E-state index contributed by atoms with van der Waals surface area (Å²) in [5, 5.41) is 0. The third kappa shape index (κ3) is 2.12. The van der Waals surface area contributed by atoms with E-state index < -0.39 is 29.1 Å². The molecule has 0 heterocycles. The van der Waals surface area contributed by atoms with Crippen molar-refractivity contribution in [3.8, 4) is 11.1 Å². The summed E-state index contributed by atoms with van der Waals surface area (Å²) in [7, 11) is 0. The summed E-state index contributed by atoms with van der Waals surface area (Å²) in [5.41, 5.74) is -0.635. The Morgan fingerprint density at radius 2 is 1.28 bits per heavy atom. The first-order valence-electron chi connectivity index (χ1n) is 4.70. The Balaban J connectivity index is 2.67. The van der Waals surface area contributed by atoms with Crippen LogP contribution in [0.2, 0.25) is 0 Å². The molecule has 0 fully saturated rings. The van der Waals surface area contributed by atoms with Crippen LogP contribution >= 0.6 is 15.9 Å². The van der Waals surface area contributed by atoms with Gasteiger partial charge in [0.05, 0.1) is 4.47 Å². The highest BCUT2D eigenvalue weighted by atomic mass is 79.9. The fourth-order valence-corrected chi connectivity index (χ4v) is 1.77. The minimum Gasteiger partial charge on any atom is -0.204 e. The van der Waals surface area contributed by atoms with Gasteiger partial charge in [-0.05, 0) is 39.7 Å². The highest BCUT2D eigenvalue weighted by Crippen LogP contribution is 2.30. The lowest BCUT2D eigenvalue weighted by Crippen LogP contribution is -1.95. The van der Waals surface area contributed by atoms with Crippen molar-refractivity contribution in [3.05, 3.63) is 57.8 Å². The summed E-state index contributed by atoms with van der Waals surface area (Å²) < 4.78 is 65.5. The molecule has 0 aliphatic heterocycles. The summed E-state index contributed by atoms with van der Waals surface area (Å²) in [6.45, 7) is 0. The van der Waals surface area contributed by atoms with Gasteiger partial charge in [0.15, 0.2) is 29.1 Å². The van der Waals surface area contributed by atoms with Crippen LogP contribution in [-0.2, 0) is 0 Å². The first-order valence-corrected chi connectivity index (χ1v) is 5.49. The maximum Gasteiger partial charge on any atom is 0.194 e. The topological polar surface area (TPSA) is 0 Å². The van der Waals surface area contributed by atoms with Crippen LogP contribution in [0.5, 0.6) is 0 Å². The van der Waals surface area contributed by atoms with E-state index in [0.29, 0.717) is 12.1 Å². The van der Waals surface area contributed by atoms with Crippen molar-refractivity contribution >= 4 is 15.9 Å². The maximum absolute atomic E-state index is 13.6. The van der Waals surface area contributed by atoms with Crippen LogP contribution in [0.1, 0.15) is 0 Å². The molecule has 0 spiro atoms. The summed E-state index contributed by atoms with van der Waals surface area (Å²) in [4.78, 5) is 0. The summed E-state index contributed by atoms with van der Waals surface area (Å²) >= 11 is 2.77. The molecule has 0 saturated heterocycles. The van der Waals surface area contributed by atoms with Crippen LogP contribution in [0.15, 0.2) is 28.7 Å². The van der Waals surface area contributed by atoms with Crippen molar-refractivity contribution in [1.82, 2.24) is 0 Å². The van der Waals surface area contributed by atoms with Gasteiger partial charge in [-0.25, -0.2) is 22.0 Å². The zero-order chi connectivity index (χ0) is 13.4. The van der Waals surface area contributed by atoms with Crippen LogP contribution in [0.3, 0.4) is 0 Å². The van der Waals surface area contributed by atoms with Gasteiger partial charge in [-0.3, -0.25) is 0 Å². The fraction of sp³-hybridized carbons (Fsp3) is 0. The van der Waals surface area contributed by atoms with Gasteiger partial charge in [0.25, 0.3) is 0 Å². The van der Waals surface area contributed by atoms with E-state index in [1.165, 1.54) is 6.07 Å². The molecule has 0 radical (unpaired) electrons. The van der Waals surface area contributed by atoms with E-state index in [4.69, 9.17) is 0 Å². The smallest absolute Gasteiger partial charge is 0.194 e. The Hall–Kier alpha value is -1.43. The number of halogens is 6. The lowest BCUT2D eigenvalue weighted by molar-refractivity contribution is 0.447. The second kappa shape index (κ2) is 4.68. The molecule has 0 bridgehead atoms. The maximum atomic E-state index is 13.6. The van der Waals surface area contributed by atoms with E-state index in [-0.39, 0.29) is 15.6 Å². The zero-order valence-electron chi connectivity index (χ0n) is 8.58. The molecule has 18 heavy (non-hydrogen) atoms. The van der Waals surface area contributed by atoms with Crippen molar-refractivity contribution in [1.29, 1.82) is 0 Å². The summed E-state index contributed by atoms with van der Waals surface area (Å²) in [6.07, 6.45) is 0. The lowest BCUT2D eigenvalue weighted by Gasteiger charge is -2.06. The van der Waals surface area contributed by atoms with Gasteiger partial charge < -0.3 is 0 Å². The second-order valence-corrected chi connectivity index (χ2v) is 4.33. The number of rotatable bonds is 1. The Labute approximate surface area is 107 Å². The van der Waals surface area contributed by atoms with E-state index in [1.54, 1.807) is 0 Å². The molecule has 0 unspecified atom stereocenters. The summed E-state index contributed by atoms with van der Waals surface area (Å²) in [5.74, 6) is -7.04. The highest BCUT2D eigenvalue weighted by molar-refractivity contribution is 9.10. The molecule has 0 aliphatic rings. The minimum absolute atomic E-state index is 0.119. The molecule has 0 amide bonds. The summed E-state index contributed by atoms with van der Waals surface area (Å²) in [6, 6.07) is 3.52. The van der Waals surface area contributed by atoms with E-state index in [1.807, 2.05) is 0 Å². The molecule has 0 saturated carbocycles. The Kier molecular flexibility index (Phi) is 3.38. The van der Waals surface area contributed by atoms with Crippen molar-refractivity contribution < 1.29 is 22.0 Å². The van der Waals surface area contributed by atoms with E-state index in [2.05, 4.69) is 15.9 Å². The van der Waals surface area contributed by atoms with Crippen LogP contribution in [0, 0.1) is 29.1 Å². The van der Waals surface area contributed by atoms with Gasteiger partial charge in [0, 0.05) is 5.56 Å². The highest BCUT2D eigenvalue weighted by Gasteiger charge is 2.17. The number of hydrogen-bond acceptors (Lipinski definition) is 0. The molecule has 0 atom stereocenters. The largest absolute Gasteiger partial charge is 0.204 e. The standard InChI is InChI=1S/C12H4BrF5/c13-7-2-1-6(10(16)11(7)17)5-3-8(14)12(18)9(15)4-5/h1-4H. The zero-order valence-corrected chi connectivity index (χ0v) is 10.2. The van der Waals surface area contributed by atoms with Crippen LogP contribution in [0.4, 0.5) is 22.0 Å². The Bertz CT molecular complexity index is 601. The molecular weight excluding hydrogens is 319 g/mol. The molecule has 6 heteroatoms. The molecule has 0 nitrogen and oxygen atoms in total. The SMILES string of the molecule is Fc1cc(-c2ccc(Br)c(F)c2F)cc(F)c1F. The quantitative estimate of drug-likeness (QED) is 0.522. The van der Waals surface area contributed by atoms with Gasteiger partial charge in [-0.15, -0.1) is 0 Å². The number of hydrogen-bond donors (Lipinski definition) is 0. The van der Waals surface area contributed by atoms with Gasteiger partial charge in [0.1, 0.15) is 0 Å². The van der Waals surface area contributed by atoms with E-state index in [0.717, 1.165) is 6.07 Å². The monoisotopic (exact) mass is 322 g/mol. The van der Waals surface area contributed by atoms with Crippen LogP contribution in [-0.4, -0.2) is 0 Å². The predicted molar refractivity (Wildman–Crippen MR) is 59.4 cm³/mol. The molecular formula is C12H4BrF5. The van der Waals surface area contributed by atoms with Gasteiger partial charge >= 0.3 is 0 Å². The predicted octanol–water partition coefficient (Wildman–Crippen LogP) is 4.81. The molecule has 2 aromatic carbocycles. The first-order chi connectivity index (χ1) is 8.41. The molecule has 2 rings (SSSR count). The van der Waals surface area contributed by atoms with Crippen LogP contribution < -0.4 is 0 Å². The van der Waals surface area contributed by atoms with Gasteiger partial charge in [0.2, 0.25) is 0 Å². The van der Waals surface area contributed by atoms with E-state index in [9.17, 15) is 22.0 Å². The fourth-order valence-electron chi connectivity index (χ4n) is 1.46. The van der Waals surface area contributed by atoms with Crippen LogP contribution in [0.25, 0.3) is 11.1 Å². The second-order valence-electron chi connectivity index (χ2n) is 3.48. The Morgan fingerprint density at radius 1 is 0.722 bits per heavy atom. The normalized spacial score (nSPS) is 10.8. The third-order valence-electron chi connectivity index (χ3n) is 2.33. The average Bonchev–Trinajstić information content (AvgIpc) is 2.33. The third-order valence-corrected chi connectivity index (χ3v) is 2.94. The first kappa shape index (κ1) is 13.0. The Morgan fingerprint density at radius 3 is 1.83 bits per heavy atom. The van der Waals surface area contributed by atoms with Gasteiger partial charge in [-0.1, -0.05) is 6.07 Å². The minimum atomic E-state index is -1.66. The molecule has 0 aromatic heterocycles. The number of benzene rings is 2. The molecule has 0 N–H and O–H groups in total. The van der Waals surface area contributed by atoms with Crippen molar-refractivity contribution in [2.45, 2.75) is 0 Å². The van der Waals surface area contributed by atoms with E-state index >= 15 is 0 Å². The van der Waals surface area contributed by atoms with Crippen molar-refractivity contribution in [2.24, 2.45) is 0 Å². The molecule has 2 aromatic rings.